The van der Waals surface area contributed by atoms with Crippen molar-refractivity contribution in [2.75, 3.05) is 13.1 Å². The van der Waals surface area contributed by atoms with Gasteiger partial charge in [-0.3, -0.25) is 4.79 Å². The number of carbonyl (C=O) groups is 1. The Morgan fingerprint density at radius 3 is 2.67 bits per heavy atom. The zero-order valence-corrected chi connectivity index (χ0v) is 16.5. The predicted octanol–water partition coefficient (Wildman–Crippen LogP) is 3.91. The van der Waals surface area contributed by atoms with E-state index in [1.54, 1.807) is 38.1 Å². The second-order valence-electron chi connectivity index (χ2n) is 7.37. The summed E-state index contributed by atoms with van der Waals surface area (Å²) in [4.78, 5) is 18.7. The van der Waals surface area contributed by atoms with E-state index in [2.05, 4.69) is 15.2 Å². The second-order valence-corrected chi connectivity index (χ2v) is 7.37. The van der Waals surface area contributed by atoms with E-state index >= 15 is 0 Å². The van der Waals surface area contributed by atoms with Crippen molar-refractivity contribution in [2.45, 2.75) is 38.8 Å². The number of aromatic nitrogens is 4. The minimum Gasteiger partial charge on any atom is -0.339 e. The molecule has 7 nitrogen and oxygen atoms in total. The molecule has 1 atom stereocenters. The summed E-state index contributed by atoms with van der Waals surface area (Å²) in [5.74, 6) is -0.0308. The molecule has 1 amide bonds. The smallest absolute Gasteiger partial charge is 0.339 e. The average molecular weight is 419 g/mol. The number of benzene rings is 1. The number of nitrogens with zero attached hydrogens (tertiary/aromatic N) is 5. The fraction of sp³-hybridized carbons (Fsp3) is 0.400. The Hall–Kier alpha value is -3.17. The number of rotatable bonds is 3. The summed E-state index contributed by atoms with van der Waals surface area (Å²) in [7, 11) is 0. The molecule has 158 valence electrons. The molecule has 1 fully saturated rings. The van der Waals surface area contributed by atoms with E-state index < -0.39 is 23.3 Å². The fourth-order valence-corrected chi connectivity index (χ4v) is 3.77. The topological polar surface area (TPSA) is 77.0 Å². The maximum atomic E-state index is 14.0. The van der Waals surface area contributed by atoms with Crippen molar-refractivity contribution >= 4 is 5.91 Å². The molecule has 1 unspecified atom stereocenters. The highest BCUT2D eigenvalue weighted by atomic mass is 19.4. The van der Waals surface area contributed by atoms with Gasteiger partial charge >= 0.3 is 6.18 Å². The molecule has 0 radical (unpaired) electrons. The van der Waals surface area contributed by atoms with Gasteiger partial charge in [-0.15, -0.1) is 0 Å². The Labute approximate surface area is 170 Å². The number of likely N-dealkylation sites (tertiary alicyclic amines) is 1. The van der Waals surface area contributed by atoms with E-state index in [0.29, 0.717) is 30.2 Å². The summed E-state index contributed by atoms with van der Waals surface area (Å²) in [5, 5.41) is 7.68. The van der Waals surface area contributed by atoms with Crippen molar-refractivity contribution in [2.24, 2.45) is 0 Å². The molecule has 3 heterocycles. The first kappa shape index (κ1) is 20.1. The molecule has 2 aromatic heterocycles. The highest BCUT2D eigenvalue weighted by Gasteiger charge is 2.42. The normalized spacial score (nSPS) is 17.4. The first-order chi connectivity index (χ1) is 14.3. The van der Waals surface area contributed by atoms with Gasteiger partial charge in [0.25, 0.3) is 5.91 Å². The van der Waals surface area contributed by atoms with Gasteiger partial charge in [-0.05, 0) is 38.3 Å². The van der Waals surface area contributed by atoms with E-state index in [1.807, 2.05) is 0 Å². The first-order valence-corrected chi connectivity index (χ1v) is 9.56. The fourth-order valence-electron chi connectivity index (χ4n) is 3.77. The van der Waals surface area contributed by atoms with Gasteiger partial charge in [-0.2, -0.15) is 23.3 Å². The lowest BCUT2D eigenvalue weighted by atomic mass is 9.97. The molecular weight excluding hydrogens is 399 g/mol. The van der Waals surface area contributed by atoms with Crippen LogP contribution in [-0.2, 0) is 6.18 Å². The van der Waals surface area contributed by atoms with Crippen molar-refractivity contribution in [3.05, 3.63) is 59.0 Å². The summed E-state index contributed by atoms with van der Waals surface area (Å²) in [6.07, 6.45) is -2.40. The highest BCUT2D eigenvalue weighted by molar-refractivity contribution is 5.95. The summed E-state index contributed by atoms with van der Waals surface area (Å²) >= 11 is 0. The third-order valence-corrected chi connectivity index (χ3v) is 5.21. The molecule has 0 saturated carbocycles. The van der Waals surface area contributed by atoms with Gasteiger partial charge in [0.2, 0.25) is 5.89 Å². The molecule has 0 spiro atoms. The summed E-state index contributed by atoms with van der Waals surface area (Å²) in [6.45, 7) is 3.96. The molecule has 0 aliphatic carbocycles. The monoisotopic (exact) mass is 419 g/mol. The van der Waals surface area contributed by atoms with Gasteiger partial charge in [0, 0.05) is 13.1 Å². The molecule has 1 aliphatic heterocycles. The SMILES string of the molecule is Cc1noc(C2CCCN(C(=O)c3cnn(-c4ccccc4C)c3C(F)(F)F)C2)n1. The number of carbonyl (C=O) groups excluding carboxylic acids is 1. The third-order valence-electron chi connectivity index (χ3n) is 5.21. The highest BCUT2D eigenvalue weighted by Crippen LogP contribution is 2.35. The number of alkyl halides is 3. The molecule has 0 N–H and O–H groups in total. The van der Waals surface area contributed by atoms with Gasteiger partial charge in [0.15, 0.2) is 11.5 Å². The van der Waals surface area contributed by atoms with Crippen LogP contribution in [0.5, 0.6) is 0 Å². The van der Waals surface area contributed by atoms with Gasteiger partial charge in [0.1, 0.15) is 0 Å². The lowest BCUT2D eigenvalue weighted by molar-refractivity contribution is -0.143. The minimum absolute atomic E-state index is 0.204. The van der Waals surface area contributed by atoms with Gasteiger partial charge in [0.05, 0.1) is 23.4 Å². The second kappa shape index (κ2) is 7.58. The van der Waals surface area contributed by atoms with Gasteiger partial charge < -0.3 is 9.42 Å². The standard InChI is InChI=1S/C20H20F3N5O2/c1-12-6-3-4-8-16(12)28-17(20(21,22)23)15(10-24-28)19(29)27-9-5-7-14(11-27)18-25-13(2)26-30-18/h3-4,6,8,10,14H,5,7,9,11H2,1-2H3. The molecule has 4 rings (SSSR count). The Morgan fingerprint density at radius 2 is 2.00 bits per heavy atom. The first-order valence-electron chi connectivity index (χ1n) is 9.56. The van der Waals surface area contributed by atoms with Crippen LogP contribution in [0.4, 0.5) is 13.2 Å². The number of piperidine rings is 1. The maximum Gasteiger partial charge on any atom is 0.434 e. The van der Waals surface area contributed by atoms with Crippen molar-refractivity contribution < 1.29 is 22.5 Å². The summed E-state index contributed by atoms with van der Waals surface area (Å²) in [6, 6.07) is 6.60. The Morgan fingerprint density at radius 1 is 1.23 bits per heavy atom. The number of hydrogen-bond acceptors (Lipinski definition) is 5. The van der Waals surface area contributed by atoms with Crippen LogP contribution >= 0.6 is 0 Å². The van der Waals surface area contributed by atoms with Gasteiger partial charge in [-0.25, -0.2) is 4.68 Å². The molecule has 1 aliphatic rings. The van der Waals surface area contributed by atoms with Crippen LogP contribution in [0, 0.1) is 13.8 Å². The third kappa shape index (κ3) is 3.69. The van der Waals surface area contributed by atoms with Crippen LogP contribution in [0.3, 0.4) is 0 Å². The van der Waals surface area contributed by atoms with Crippen molar-refractivity contribution in [1.29, 1.82) is 0 Å². The zero-order chi connectivity index (χ0) is 21.5. The van der Waals surface area contributed by atoms with E-state index in [9.17, 15) is 18.0 Å². The molecule has 3 aromatic rings. The summed E-state index contributed by atoms with van der Waals surface area (Å²) < 4.78 is 47.9. The molecule has 0 bridgehead atoms. The number of amides is 1. The molecule has 10 heteroatoms. The van der Waals surface area contributed by atoms with E-state index in [0.717, 1.165) is 17.3 Å². The number of aryl methyl sites for hydroxylation is 2. The van der Waals surface area contributed by atoms with Crippen molar-refractivity contribution in [3.8, 4) is 5.69 Å². The minimum atomic E-state index is -4.75. The number of hydrogen-bond donors (Lipinski definition) is 0. The van der Waals surface area contributed by atoms with Crippen molar-refractivity contribution in [3.63, 3.8) is 0 Å². The van der Waals surface area contributed by atoms with Crippen LogP contribution < -0.4 is 0 Å². The van der Waals surface area contributed by atoms with Crippen LogP contribution in [-0.4, -0.2) is 43.8 Å². The maximum absolute atomic E-state index is 14.0. The van der Waals surface area contributed by atoms with Crippen LogP contribution in [0.1, 0.15) is 52.1 Å². The van der Waals surface area contributed by atoms with Gasteiger partial charge in [-0.1, -0.05) is 23.4 Å². The summed E-state index contributed by atoms with van der Waals surface area (Å²) in [5.41, 5.74) is -0.637. The predicted molar refractivity (Wildman–Crippen MR) is 100 cm³/mol. The number of para-hydroxylation sites is 1. The number of halogens is 3. The quantitative estimate of drug-likeness (QED) is 0.643. The Bertz CT molecular complexity index is 1070. The molecule has 1 aromatic carbocycles. The molecule has 30 heavy (non-hydrogen) atoms. The average Bonchev–Trinajstić information content (AvgIpc) is 3.34. The van der Waals surface area contributed by atoms with Crippen LogP contribution in [0.2, 0.25) is 0 Å². The lowest BCUT2D eigenvalue weighted by Gasteiger charge is -2.31. The van der Waals surface area contributed by atoms with E-state index in [1.165, 1.54) is 4.90 Å². The van der Waals surface area contributed by atoms with Crippen molar-refractivity contribution in [1.82, 2.24) is 24.8 Å². The van der Waals surface area contributed by atoms with E-state index in [4.69, 9.17) is 4.52 Å². The van der Waals surface area contributed by atoms with Crippen LogP contribution in [0.25, 0.3) is 5.69 Å². The Balaban J connectivity index is 1.68. The molecule has 1 saturated heterocycles. The zero-order valence-electron chi connectivity index (χ0n) is 16.5. The largest absolute Gasteiger partial charge is 0.434 e. The van der Waals surface area contributed by atoms with E-state index in [-0.39, 0.29) is 18.2 Å². The molecular formula is C20H20F3N5O2. The lowest BCUT2D eigenvalue weighted by Crippen LogP contribution is -2.40. The Kier molecular flexibility index (Phi) is 5.08. The van der Waals surface area contributed by atoms with Crippen LogP contribution in [0.15, 0.2) is 35.0 Å².